The number of nitrogens with one attached hydrogen (secondary N) is 1. The molecule has 0 saturated heterocycles. The fourth-order valence-corrected chi connectivity index (χ4v) is 4.29. The molecule has 6 nitrogen and oxygen atoms in total. The lowest BCUT2D eigenvalue weighted by molar-refractivity contribution is -0.145. The number of nitrogens with zero attached hydrogens (tertiary/aromatic N) is 1. The SMILES string of the molecule is CCOC(=O)C1C2CCC/C(=N/NS(=O)(=O)c3ccc(C)cc3)C21. The quantitative estimate of drug-likeness (QED) is 0.652. The van der Waals surface area contributed by atoms with E-state index in [0.717, 1.165) is 24.1 Å². The molecule has 0 spiro atoms. The van der Waals surface area contributed by atoms with Crippen LogP contribution in [0, 0.1) is 24.7 Å². The lowest BCUT2D eigenvalue weighted by atomic mass is 9.99. The van der Waals surface area contributed by atoms with E-state index in [2.05, 4.69) is 9.93 Å². The van der Waals surface area contributed by atoms with Gasteiger partial charge in [0.15, 0.2) is 0 Å². The molecular formula is C17H22N2O4S. The minimum Gasteiger partial charge on any atom is -0.466 e. The molecule has 2 saturated carbocycles. The summed E-state index contributed by atoms with van der Waals surface area (Å²) in [6.07, 6.45) is 2.60. The van der Waals surface area contributed by atoms with E-state index in [1.165, 1.54) is 0 Å². The summed E-state index contributed by atoms with van der Waals surface area (Å²) >= 11 is 0. The van der Waals surface area contributed by atoms with Crippen molar-refractivity contribution in [2.24, 2.45) is 22.9 Å². The minimum absolute atomic E-state index is 0.0264. The number of sulfonamides is 1. The van der Waals surface area contributed by atoms with Crippen molar-refractivity contribution < 1.29 is 17.9 Å². The number of ether oxygens (including phenoxy) is 1. The van der Waals surface area contributed by atoms with Crippen molar-refractivity contribution in [2.45, 2.75) is 38.0 Å². The Labute approximate surface area is 142 Å². The van der Waals surface area contributed by atoms with E-state index in [1.54, 1.807) is 31.2 Å². The molecule has 0 aromatic heterocycles. The first kappa shape index (κ1) is 17.0. The summed E-state index contributed by atoms with van der Waals surface area (Å²) in [6.45, 7) is 4.05. The molecule has 0 amide bonds. The molecule has 2 aliphatic carbocycles. The van der Waals surface area contributed by atoms with E-state index in [-0.39, 0.29) is 28.6 Å². The first-order valence-electron chi connectivity index (χ1n) is 8.25. The lowest BCUT2D eigenvalue weighted by Crippen LogP contribution is -2.22. The highest BCUT2D eigenvalue weighted by molar-refractivity contribution is 7.89. The standard InChI is InChI=1S/C17H22N2O4S/c1-3-23-17(20)16-13-5-4-6-14(15(13)16)18-19-24(21,22)12-9-7-11(2)8-10-12/h7-10,13,15-16,19H,3-6H2,1-2H3/b18-14-. The van der Waals surface area contributed by atoms with Gasteiger partial charge in [-0.05, 0) is 51.2 Å². The number of fused-ring (bicyclic) bond motifs is 1. The van der Waals surface area contributed by atoms with Crippen LogP contribution in [0.2, 0.25) is 0 Å². The minimum atomic E-state index is -3.68. The predicted octanol–water partition coefficient (Wildman–Crippen LogP) is 2.24. The van der Waals surface area contributed by atoms with Crippen LogP contribution in [0.5, 0.6) is 0 Å². The highest BCUT2D eigenvalue weighted by atomic mass is 32.2. The molecule has 3 atom stereocenters. The van der Waals surface area contributed by atoms with E-state index in [1.807, 2.05) is 6.92 Å². The summed E-state index contributed by atoms with van der Waals surface area (Å²) in [5.74, 6) is -0.0717. The van der Waals surface area contributed by atoms with Gasteiger partial charge in [-0.15, -0.1) is 0 Å². The summed E-state index contributed by atoms with van der Waals surface area (Å²) in [7, 11) is -3.68. The van der Waals surface area contributed by atoms with Crippen molar-refractivity contribution in [2.75, 3.05) is 6.61 Å². The fourth-order valence-electron chi connectivity index (χ4n) is 3.45. The zero-order valence-corrected chi connectivity index (χ0v) is 14.7. The maximum Gasteiger partial charge on any atom is 0.309 e. The first-order chi connectivity index (χ1) is 11.4. The van der Waals surface area contributed by atoms with Gasteiger partial charge in [0.25, 0.3) is 10.0 Å². The highest BCUT2D eigenvalue weighted by Crippen LogP contribution is 2.54. The van der Waals surface area contributed by atoms with Gasteiger partial charge in [0.1, 0.15) is 0 Å². The van der Waals surface area contributed by atoms with Crippen molar-refractivity contribution in [1.82, 2.24) is 4.83 Å². The van der Waals surface area contributed by atoms with Crippen LogP contribution in [-0.4, -0.2) is 26.7 Å². The van der Waals surface area contributed by atoms with Gasteiger partial charge < -0.3 is 4.74 Å². The molecule has 1 aromatic carbocycles. The molecule has 24 heavy (non-hydrogen) atoms. The number of hydrogen-bond donors (Lipinski definition) is 1. The Kier molecular flexibility index (Phi) is 4.62. The van der Waals surface area contributed by atoms with Crippen molar-refractivity contribution in [3.8, 4) is 0 Å². The van der Waals surface area contributed by atoms with Gasteiger partial charge >= 0.3 is 5.97 Å². The van der Waals surface area contributed by atoms with Gasteiger partial charge in [-0.1, -0.05) is 17.7 Å². The molecule has 7 heteroatoms. The normalized spacial score (nSPS) is 27.4. The maximum absolute atomic E-state index is 12.3. The molecule has 2 fully saturated rings. The number of esters is 1. The van der Waals surface area contributed by atoms with Crippen LogP contribution in [0.3, 0.4) is 0 Å². The van der Waals surface area contributed by atoms with Gasteiger partial charge in [0.05, 0.1) is 17.4 Å². The number of carbonyl (C=O) groups excluding carboxylic acids is 1. The average Bonchev–Trinajstić information content (AvgIpc) is 3.29. The summed E-state index contributed by atoms with van der Waals surface area (Å²) in [5.41, 5.74) is 1.76. The van der Waals surface area contributed by atoms with Crippen molar-refractivity contribution in [3.63, 3.8) is 0 Å². The van der Waals surface area contributed by atoms with Crippen LogP contribution in [0.1, 0.15) is 31.7 Å². The van der Waals surface area contributed by atoms with E-state index >= 15 is 0 Å². The zero-order valence-electron chi connectivity index (χ0n) is 13.9. The number of hydrogen-bond acceptors (Lipinski definition) is 5. The number of carbonyl (C=O) groups is 1. The number of benzene rings is 1. The molecule has 3 rings (SSSR count). The molecular weight excluding hydrogens is 328 g/mol. The van der Waals surface area contributed by atoms with E-state index < -0.39 is 10.0 Å². The second-order valence-corrected chi connectivity index (χ2v) is 8.03. The topological polar surface area (TPSA) is 84.8 Å². The van der Waals surface area contributed by atoms with Crippen LogP contribution in [0.15, 0.2) is 34.3 Å². The Morgan fingerprint density at radius 1 is 1.33 bits per heavy atom. The van der Waals surface area contributed by atoms with Crippen molar-refractivity contribution >= 4 is 21.7 Å². The lowest BCUT2D eigenvalue weighted by Gasteiger charge is -2.12. The van der Waals surface area contributed by atoms with Crippen LogP contribution in [0.25, 0.3) is 0 Å². The summed E-state index contributed by atoms with van der Waals surface area (Å²) in [5, 5.41) is 4.14. The zero-order chi connectivity index (χ0) is 17.3. The smallest absolute Gasteiger partial charge is 0.309 e. The number of aryl methyl sites for hydroxylation is 1. The van der Waals surface area contributed by atoms with Gasteiger partial charge in [0, 0.05) is 11.6 Å². The molecule has 0 aliphatic heterocycles. The molecule has 130 valence electrons. The number of rotatable bonds is 5. The Balaban J connectivity index is 1.72. The molecule has 1 N–H and O–H groups in total. The van der Waals surface area contributed by atoms with Crippen molar-refractivity contribution in [3.05, 3.63) is 29.8 Å². The van der Waals surface area contributed by atoms with E-state index in [0.29, 0.717) is 13.0 Å². The maximum atomic E-state index is 12.3. The second-order valence-electron chi connectivity index (χ2n) is 6.37. The van der Waals surface area contributed by atoms with Crippen molar-refractivity contribution in [1.29, 1.82) is 0 Å². The summed E-state index contributed by atoms with van der Waals surface area (Å²) < 4.78 is 29.7. The monoisotopic (exact) mass is 350 g/mol. The highest BCUT2D eigenvalue weighted by Gasteiger charge is 2.59. The van der Waals surface area contributed by atoms with Crippen LogP contribution in [0.4, 0.5) is 0 Å². The molecule has 2 aliphatic rings. The van der Waals surface area contributed by atoms with Crippen LogP contribution in [-0.2, 0) is 19.6 Å². The van der Waals surface area contributed by atoms with Gasteiger partial charge in [-0.2, -0.15) is 13.5 Å². The van der Waals surface area contributed by atoms with Gasteiger partial charge in [-0.25, -0.2) is 4.83 Å². The molecule has 1 aromatic rings. The Bertz CT molecular complexity index is 755. The third kappa shape index (κ3) is 3.31. The predicted molar refractivity (Wildman–Crippen MR) is 89.9 cm³/mol. The fraction of sp³-hybridized carbons (Fsp3) is 0.529. The molecule has 0 heterocycles. The Hall–Kier alpha value is -1.89. The van der Waals surface area contributed by atoms with E-state index in [4.69, 9.17) is 4.74 Å². The van der Waals surface area contributed by atoms with Gasteiger partial charge in [0.2, 0.25) is 0 Å². The average molecular weight is 350 g/mol. The van der Waals surface area contributed by atoms with Crippen LogP contribution < -0.4 is 4.83 Å². The molecule has 3 unspecified atom stereocenters. The molecule has 0 radical (unpaired) electrons. The van der Waals surface area contributed by atoms with Gasteiger partial charge in [-0.3, -0.25) is 4.79 Å². The number of hydrazone groups is 1. The Morgan fingerprint density at radius 3 is 2.71 bits per heavy atom. The van der Waals surface area contributed by atoms with E-state index in [9.17, 15) is 13.2 Å². The second kappa shape index (κ2) is 6.55. The Morgan fingerprint density at radius 2 is 2.04 bits per heavy atom. The first-order valence-corrected chi connectivity index (χ1v) is 9.74. The summed E-state index contributed by atoms with van der Waals surface area (Å²) in [6, 6.07) is 6.60. The molecule has 0 bridgehead atoms. The largest absolute Gasteiger partial charge is 0.466 e. The third-order valence-electron chi connectivity index (χ3n) is 4.72. The van der Waals surface area contributed by atoms with Crippen LogP contribution >= 0.6 is 0 Å². The third-order valence-corrected chi connectivity index (χ3v) is 5.95. The summed E-state index contributed by atoms with van der Waals surface area (Å²) in [4.78, 5) is 14.5.